The van der Waals surface area contributed by atoms with Crippen LogP contribution >= 0.6 is 0 Å². The average Bonchev–Trinajstić information content (AvgIpc) is 2.42. The summed E-state index contributed by atoms with van der Waals surface area (Å²) in [6.45, 7) is 5.64. The molecule has 0 aromatic carbocycles. The molecule has 15 heavy (non-hydrogen) atoms. The lowest BCUT2D eigenvalue weighted by atomic mass is 9.92. The van der Waals surface area contributed by atoms with E-state index in [4.69, 9.17) is 4.74 Å². The van der Waals surface area contributed by atoms with E-state index in [0.717, 1.165) is 25.7 Å². The Kier molecular flexibility index (Phi) is 4.14. The Morgan fingerprint density at radius 1 is 1.47 bits per heavy atom. The molecule has 0 aliphatic carbocycles. The number of ether oxygens (including phenoxy) is 1. The van der Waals surface area contributed by atoms with E-state index in [2.05, 4.69) is 6.92 Å². The number of cyclic esters (lactones) is 1. The molecule has 1 aliphatic rings. The van der Waals surface area contributed by atoms with Crippen molar-refractivity contribution in [2.24, 2.45) is 5.92 Å². The van der Waals surface area contributed by atoms with Gasteiger partial charge in [0, 0.05) is 0 Å². The van der Waals surface area contributed by atoms with Gasteiger partial charge in [0.15, 0.2) is 0 Å². The van der Waals surface area contributed by atoms with Gasteiger partial charge in [-0.05, 0) is 39.5 Å². The van der Waals surface area contributed by atoms with E-state index in [-0.39, 0.29) is 18.0 Å². The zero-order valence-electron chi connectivity index (χ0n) is 9.95. The highest BCUT2D eigenvalue weighted by Gasteiger charge is 2.34. The van der Waals surface area contributed by atoms with Crippen LogP contribution in [0.2, 0.25) is 0 Å². The van der Waals surface area contributed by atoms with Crippen LogP contribution in [0.15, 0.2) is 0 Å². The highest BCUT2D eigenvalue weighted by molar-refractivity contribution is 5.74. The van der Waals surface area contributed by atoms with Crippen molar-refractivity contribution in [3.05, 3.63) is 0 Å². The van der Waals surface area contributed by atoms with Gasteiger partial charge in [-0.15, -0.1) is 0 Å². The molecule has 0 radical (unpaired) electrons. The molecule has 0 amide bonds. The van der Waals surface area contributed by atoms with Gasteiger partial charge in [0.05, 0.1) is 11.5 Å². The molecule has 1 fully saturated rings. The SMILES string of the molecule is CCC[C@@H]1C[C@@H](CCC(C)(C)O)C(=O)O1. The molecule has 1 saturated heterocycles. The van der Waals surface area contributed by atoms with Crippen LogP contribution in [0.3, 0.4) is 0 Å². The number of carbonyl (C=O) groups is 1. The van der Waals surface area contributed by atoms with Gasteiger partial charge in [0.1, 0.15) is 6.10 Å². The minimum Gasteiger partial charge on any atom is -0.462 e. The summed E-state index contributed by atoms with van der Waals surface area (Å²) in [6.07, 6.45) is 4.37. The maximum atomic E-state index is 11.5. The topological polar surface area (TPSA) is 46.5 Å². The normalized spacial score (nSPS) is 26.8. The molecule has 0 bridgehead atoms. The predicted octanol–water partition coefficient (Wildman–Crippen LogP) is 2.27. The van der Waals surface area contributed by atoms with E-state index in [1.807, 2.05) is 0 Å². The second-order valence-electron chi connectivity index (χ2n) is 5.13. The first-order valence-corrected chi connectivity index (χ1v) is 5.85. The summed E-state index contributed by atoms with van der Waals surface area (Å²) >= 11 is 0. The molecule has 0 saturated carbocycles. The molecule has 3 heteroatoms. The third-order valence-corrected chi connectivity index (χ3v) is 2.88. The monoisotopic (exact) mass is 214 g/mol. The van der Waals surface area contributed by atoms with E-state index < -0.39 is 5.60 Å². The van der Waals surface area contributed by atoms with E-state index in [1.165, 1.54) is 0 Å². The summed E-state index contributed by atoms with van der Waals surface area (Å²) in [4.78, 5) is 11.5. The van der Waals surface area contributed by atoms with Crippen molar-refractivity contribution >= 4 is 5.97 Å². The molecule has 1 aliphatic heterocycles. The summed E-state index contributed by atoms with van der Waals surface area (Å²) < 4.78 is 5.26. The third kappa shape index (κ3) is 4.20. The van der Waals surface area contributed by atoms with Gasteiger partial charge in [-0.1, -0.05) is 13.3 Å². The second kappa shape index (κ2) is 4.97. The Bertz CT molecular complexity index is 217. The molecule has 1 heterocycles. The lowest BCUT2D eigenvalue weighted by Gasteiger charge is -2.17. The van der Waals surface area contributed by atoms with Crippen LogP contribution in [0.1, 0.15) is 52.9 Å². The maximum absolute atomic E-state index is 11.5. The zero-order valence-corrected chi connectivity index (χ0v) is 9.95. The maximum Gasteiger partial charge on any atom is 0.309 e. The molecule has 0 unspecified atom stereocenters. The summed E-state index contributed by atoms with van der Waals surface area (Å²) in [7, 11) is 0. The number of hydrogen-bond donors (Lipinski definition) is 1. The van der Waals surface area contributed by atoms with Gasteiger partial charge < -0.3 is 9.84 Å². The van der Waals surface area contributed by atoms with Gasteiger partial charge in [-0.25, -0.2) is 0 Å². The lowest BCUT2D eigenvalue weighted by molar-refractivity contribution is -0.144. The Labute approximate surface area is 91.8 Å². The first-order chi connectivity index (χ1) is 6.92. The molecular weight excluding hydrogens is 192 g/mol. The van der Waals surface area contributed by atoms with Crippen LogP contribution in [0.4, 0.5) is 0 Å². The number of rotatable bonds is 5. The quantitative estimate of drug-likeness (QED) is 0.714. The standard InChI is InChI=1S/C12H22O3/c1-4-5-10-8-9(11(13)15-10)6-7-12(2,3)14/h9-10,14H,4-8H2,1-3H3/t9-,10-/m1/s1. The van der Waals surface area contributed by atoms with Crippen LogP contribution in [0, 0.1) is 5.92 Å². The fourth-order valence-corrected chi connectivity index (χ4v) is 1.98. The van der Waals surface area contributed by atoms with Gasteiger partial charge in [0.25, 0.3) is 0 Å². The number of aliphatic hydroxyl groups is 1. The highest BCUT2D eigenvalue weighted by Crippen LogP contribution is 2.29. The second-order valence-corrected chi connectivity index (χ2v) is 5.13. The Hall–Kier alpha value is -0.570. The first-order valence-electron chi connectivity index (χ1n) is 5.85. The van der Waals surface area contributed by atoms with Gasteiger partial charge in [-0.3, -0.25) is 4.79 Å². The predicted molar refractivity (Wildman–Crippen MR) is 58.4 cm³/mol. The van der Waals surface area contributed by atoms with Crippen LogP contribution in [-0.2, 0) is 9.53 Å². The number of hydrogen-bond acceptors (Lipinski definition) is 3. The van der Waals surface area contributed by atoms with E-state index >= 15 is 0 Å². The summed E-state index contributed by atoms with van der Waals surface area (Å²) in [5.41, 5.74) is -0.677. The summed E-state index contributed by atoms with van der Waals surface area (Å²) in [6, 6.07) is 0. The average molecular weight is 214 g/mol. The fraction of sp³-hybridized carbons (Fsp3) is 0.917. The van der Waals surface area contributed by atoms with E-state index in [1.54, 1.807) is 13.8 Å². The smallest absolute Gasteiger partial charge is 0.309 e. The summed E-state index contributed by atoms with van der Waals surface area (Å²) in [5, 5.41) is 9.58. The zero-order chi connectivity index (χ0) is 11.5. The third-order valence-electron chi connectivity index (χ3n) is 2.88. The Morgan fingerprint density at radius 2 is 2.13 bits per heavy atom. The van der Waals surface area contributed by atoms with Crippen molar-refractivity contribution in [3.8, 4) is 0 Å². The van der Waals surface area contributed by atoms with Gasteiger partial charge in [-0.2, -0.15) is 0 Å². The lowest BCUT2D eigenvalue weighted by Crippen LogP contribution is -2.21. The van der Waals surface area contributed by atoms with Crippen LogP contribution in [0.25, 0.3) is 0 Å². The first kappa shape index (κ1) is 12.5. The molecule has 3 nitrogen and oxygen atoms in total. The van der Waals surface area contributed by atoms with E-state index in [0.29, 0.717) is 6.42 Å². The van der Waals surface area contributed by atoms with Gasteiger partial charge >= 0.3 is 5.97 Å². The van der Waals surface area contributed by atoms with Crippen molar-refractivity contribution in [1.29, 1.82) is 0 Å². The molecule has 0 aromatic rings. The molecule has 0 spiro atoms. The van der Waals surface area contributed by atoms with Crippen molar-refractivity contribution in [1.82, 2.24) is 0 Å². The Balaban J connectivity index is 2.34. The van der Waals surface area contributed by atoms with E-state index in [9.17, 15) is 9.90 Å². The van der Waals surface area contributed by atoms with Crippen molar-refractivity contribution in [2.45, 2.75) is 64.6 Å². The Morgan fingerprint density at radius 3 is 2.67 bits per heavy atom. The molecule has 1 N–H and O–H groups in total. The van der Waals surface area contributed by atoms with Crippen LogP contribution in [-0.4, -0.2) is 22.8 Å². The minimum atomic E-state index is -0.677. The molecular formula is C12H22O3. The molecule has 2 atom stereocenters. The molecule has 88 valence electrons. The van der Waals surface area contributed by atoms with Crippen LogP contribution < -0.4 is 0 Å². The fourth-order valence-electron chi connectivity index (χ4n) is 1.98. The van der Waals surface area contributed by atoms with Crippen molar-refractivity contribution in [2.75, 3.05) is 0 Å². The molecule has 0 aromatic heterocycles. The minimum absolute atomic E-state index is 0.00738. The largest absolute Gasteiger partial charge is 0.462 e. The van der Waals surface area contributed by atoms with Crippen LogP contribution in [0.5, 0.6) is 0 Å². The summed E-state index contributed by atoms with van der Waals surface area (Å²) in [5.74, 6) is -0.0642. The van der Waals surface area contributed by atoms with Gasteiger partial charge in [0.2, 0.25) is 0 Å². The number of esters is 1. The molecule has 1 rings (SSSR count). The number of carbonyl (C=O) groups excluding carboxylic acids is 1. The van der Waals surface area contributed by atoms with Crippen molar-refractivity contribution in [3.63, 3.8) is 0 Å². The highest BCUT2D eigenvalue weighted by atomic mass is 16.5. The van der Waals surface area contributed by atoms with Crippen molar-refractivity contribution < 1.29 is 14.6 Å².